The van der Waals surface area contributed by atoms with Crippen LogP contribution in [-0.2, 0) is 0 Å². The molecule has 0 unspecified atom stereocenters. The number of halogens is 1. The van der Waals surface area contributed by atoms with Crippen LogP contribution in [0.4, 0.5) is 0 Å². The minimum atomic E-state index is 1.10. The molecule has 0 saturated heterocycles. The van der Waals surface area contributed by atoms with Crippen molar-refractivity contribution >= 4 is 69.2 Å². The first-order valence-electron chi connectivity index (χ1n) is 8.90. The highest BCUT2D eigenvalue weighted by atomic mass is 79.9. The molecule has 0 amide bonds. The van der Waals surface area contributed by atoms with E-state index in [1.54, 1.807) is 0 Å². The zero-order chi connectivity index (χ0) is 18.0. The topological polar surface area (TPSA) is 4.93 Å². The quantitative estimate of drug-likeness (QED) is 0.251. The van der Waals surface area contributed by atoms with Gasteiger partial charge in [0.05, 0.1) is 15.7 Å². The molecule has 0 saturated carbocycles. The fraction of sp³-hybridized carbons (Fsp3) is 0. The van der Waals surface area contributed by atoms with E-state index in [-0.39, 0.29) is 0 Å². The summed E-state index contributed by atoms with van der Waals surface area (Å²) in [6, 6.07) is 30.5. The Morgan fingerprint density at radius 3 is 2.30 bits per heavy atom. The second kappa shape index (κ2) is 5.69. The van der Waals surface area contributed by atoms with Gasteiger partial charge < -0.3 is 4.57 Å². The van der Waals surface area contributed by atoms with Gasteiger partial charge in [-0.1, -0.05) is 70.5 Å². The molecular formula is C24H14BrNS. The van der Waals surface area contributed by atoms with Crippen molar-refractivity contribution < 1.29 is 0 Å². The third kappa shape index (κ3) is 2.16. The van der Waals surface area contributed by atoms with Gasteiger partial charge in [0.2, 0.25) is 0 Å². The number of rotatable bonds is 1. The van der Waals surface area contributed by atoms with Crippen LogP contribution in [-0.4, -0.2) is 4.57 Å². The van der Waals surface area contributed by atoms with Crippen molar-refractivity contribution in [2.45, 2.75) is 0 Å². The standard InChI is InChI=1S/C24H14BrNS/c25-15-10-11-17-19-12-13-20-18-8-4-5-9-22(18)27-24(20)23(19)26(21(17)14-15)16-6-2-1-3-7-16/h1-14H. The van der Waals surface area contributed by atoms with Crippen LogP contribution in [0.5, 0.6) is 0 Å². The Kier molecular flexibility index (Phi) is 3.25. The summed E-state index contributed by atoms with van der Waals surface area (Å²) in [7, 11) is 0. The molecule has 0 bridgehead atoms. The van der Waals surface area contributed by atoms with Crippen molar-refractivity contribution in [1.82, 2.24) is 4.57 Å². The molecule has 27 heavy (non-hydrogen) atoms. The number of hydrogen-bond donors (Lipinski definition) is 0. The van der Waals surface area contributed by atoms with Gasteiger partial charge >= 0.3 is 0 Å². The Morgan fingerprint density at radius 2 is 1.41 bits per heavy atom. The highest BCUT2D eigenvalue weighted by Gasteiger charge is 2.17. The predicted molar refractivity (Wildman–Crippen MR) is 121 cm³/mol. The van der Waals surface area contributed by atoms with Crippen molar-refractivity contribution in [3.05, 3.63) is 89.4 Å². The Labute approximate surface area is 168 Å². The van der Waals surface area contributed by atoms with E-state index in [1.807, 2.05) is 11.3 Å². The SMILES string of the molecule is Brc1ccc2c3ccc4c5ccccc5sc4c3n(-c3ccccc3)c2c1. The maximum atomic E-state index is 3.66. The Bertz CT molecular complexity index is 1470. The van der Waals surface area contributed by atoms with Gasteiger partial charge in [-0.3, -0.25) is 0 Å². The van der Waals surface area contributed by atoms with Crippen molar-refractivity contribution in [2.75, 3.05) is 0 Å². The fourth-order valence-electron chi connectivity index (χ4n) is 4.10. The first-order valence-corrected chi connectivity index (χ1v) is 10.5. The lowest BCUT2D eigenvalue weighted by atomic mass is 10.1. The van der Waals surface area contributed by atoms with Crippen molar-refractivity contribution in [1.29, 1.82) is 0 Å². The minimum absolute atomic E-state index is 1.10. The van der Waals surface area contributed by atoms with Gasteiger partial charge in [-0.05, 0) is 30.3 Å². The van der Waals surface area contributed by atoms with Gasteiger partial charge in [-0.15, -0.1) is 11.3 Å². The molecule has 0 aliphatic heterocycles. The van der Waals surface area contributed by atoms with Crippen molar-refractivity contribution in [3.63, 3.8) is 0 Å². The molecule has 6 aromatic rings. The summed E-state index contributed by atoms with van der Waals surface area (Å²) in [6.45, 7) is 0. The van der Waals surface area contributed by atoms with Crippen LogP contribution in [0.1, 0.15) is 0 Å². The first kappa shape index (κ1) is 15.4. The van der Waals surface area contributed by atoms with E-state index >= 15 is 0 Å². The van der Waals surface area contributed by atoms with Crippen LogP contribution in [0.25, 0.3) is 47.7 Å². The normalized spacial score (nSPS) is 11.9. The number of nitrogens with zero attached hydrogens (tertiary/aromatic N) is 1. The largest absolute Gasteiger partial charge is 0.308 e. The summed E-state index contributed by atoms with van der Waals surface area (Å²) in [6.07, 6.45) is 0. The number of hydrogen-bond acceptors (Lipinski definition) is 1. The van der Waals surface area contributed by atoms with Gasteiger partial charge in [0.15, 0.2) is 0 Å². The summed E-state index contributed by atoms with van der Waals surface area (Å²) >= 11 is 5.55. The van der Waals surface area contributed by atoms with E-state index in [9.17, 15) is 0 Å². The summed E-state index contributed by atoms with van der Waals surface area (Å²) in [5.74, 6) is 0. The molecule has 0 N–H and O–H groups in total. The van der Waals surface area contributed by atoms with E-state index in [0.29, 0.717) is 0 Å². The molecule has 4 aromatic carbocycles. The molecule has 0 spiro atoms. The molecule has 0 radical (unpaired) electrons. The Hall–Kier alpha value is -2.62. The Balaban J connectivity index is 1.92. The van der Waals surface area contributed by atoms with Crippen molar-refractivity contribution in [3.8, 4) is 5.69 Å². The average Bonchev–Trinajstić information content (AvgIpc) is 3.23. The third-order valence-corrected chi connectivity index (χ3v) is 6.94. The lowest BCUT2D eigenvalue weighted by Crippen LogP contribution is -1.93. The lowest BCUT2D eigenvalue weighted by Gasteiger charge is -2.08. The van der Waals surface area contributed by atoms with Gasteiger partial charge in [0.25, 0.3) is 0 Å². The summed E-state index contributed by atoms with van der Waals surface area (Å²) in [5, 5.41) is 5.27. The first-order chi connectivity index (χ1) is 13.3. The predicted octanol–water partition coefficient (Wildman–Crippen LogP) is 7.91. The summed E-state index contributed by atoms with van der Waals surface area (Å²) in [4.78, 5) is 0. The number of fused-ring (bicyclic) bond motifs is 7. The molecule has 0 fully saturated rings. The highest BCUT2D eigenvalue weighted by Crippen LogP contribution is 2.43. The molecule has 128 valence electrons. The highest BCUT2D eigenvalue weighted by molar-refractivity contribution is 9.10. The summed E-state index contributed by atoms with van der Waals surface area (Å²) in [5.41, 5.74) is 3.73. The van der Waals surface area contributed by atoms with Gasteiger partial charge in [0.1, 0.15) is 0 Å². The summed E-state index contributed by atoms with van der Waals surface area (Å²) < 4.78 is 6.20. The molecule has 2 heterocycles. The third-order valence-electron chi connectivity index (χ3n) is 5.25. The van der Waals surface area contributed by atoms with Crippen molar-refractivity contribution in [2.24, 2.45) is 0 Å². The molecule has 0 atom stereocenters. The van der Waals surface area contributed by atoms with Crippen LogP contribution >= 0.6 is 27.3 Å². The zero-order valence-electron chi connectivity index (χ0n) is 14.3. The molecule has 0 aliphatic rings. The van der Waals surface area contributed by atoms with Crippen LogP contribution in [0.3, 0.4) is 0 Å². The van der Waals surface area contributed by atoms with Gasteiger partial charge in [-0.2, -0.15) is 0 Å². The molecular weight excluding hydrogens is 414 g/mol. The number of para-hydroxylation sites is 1. The maximum Gasteiger partial charge on any atom is 0.0719 e. The fourth-order valence-corrected chi connectivity index (χ4v) is 5.69. The van der Waals surface area contributed by atoms with E-state index < -0.39 is 0 Å². The van der Waals surface area contributed by atoms with E-state index in [2.05, 4.69) is 105 Å². The van der Waals surface area contributed by atoms with Crippen LogP contribution in [0, 0.1) is 0 Å². The maximum absolute atomic E-state index is 3.66. The molecule has 2 aromatic heterocycles. The van der Waals surface area contributed by atoms with E-state index in [4.69, 9.17) is 0 Å². The van der Waals surface area contributed by atoms with Gasteiger partial charge in [0, 0.05) is 36.4 Å². The second-order valence-electron chi connectivity index (χ2n) is 6.77. The molecule has 6 rings (SSSR count). The average molecular weight is 428 g/mol. The number of aromatic nitrogens is 1. The van der Waals surface area contributed by atoms with E-state index in [0.717, 1.165) is 4.47 Å². The lowest BCUT2D eigenvalue weighted by molar-refractivity contribution is 1.19. The van der Waals surface area contributed by atoms with Crippen LogP contribution < -0.4 is 0 Å². The van der Waals surface area contributed by atoms with E-state index in [1.165, 1.54) is 47.7 Å². The Morgan fingerprint density at radius 1 is 0.667 bits per heavy atom. The monoisotopic (exact) mass is 427 g/mol. The number of benzene rings is 4. The molecule has 3 heteroatoms. The molecule has 1 nitrogen and oxygen atoms in total. The second-order valence-corrected chi connectivity index (χ2v) is 8.74. The number of thiophene rings is 1. The zero-order valence-corrected chi connectivity index (χ0v) is 16.7. The van der Waals surface area contributed by atoms with Crippen LogP contribution in [0.2, 0.25) is 0 Å². The van der Waals surface area contributed by atoms with Gasteiger partial charge in [-0.25, -0.2) is 0 Å². The minimum Gasteiger partial charge on any atom is -0.308 e. The van der Waals surface area contributed by atoms with Crippen LogP contribution in [0.15, 0.2) is 89.4 Å². The smallest absolute Gasteiger partial charge is 0.0719 e. The molecule has 0 aliphatic carbocycles.